The molecule has 2 aliphatic rings. The molecule has 0 bridgehead atoms. The molecule has 0 unspecified atom stereocenters. The minimum Gasteiger partial charge on any atom is -0.486 e. The lowest BCUT2D eigenvalue weighted by atomic mass is 10.1. The van der Waals surface area contributed by atoms with Crippen LogP contribution in [0.1, 0.15) is 13.8 Å². The number of nitrogens with zero attached hydrogens (tertiary/aromatic N) is 3. The van der Waals surface area contributed by atoms with Crippen LogP contribution in [0.4, 0.5) is 37.5 Å². The number of rotatable bonds is 4. The molecule has 1 aromatic heterocycles. The van der Waals surface area contributed by atoms with E-state index in [9.17, 15) is 8.78 Å². The van der Waals surface area contributed by atoms with E-state index in [-0.39, 0.29) is 23.4 Å². The highest BCUT2D eigenvalue weighted by atomic mass is 19.1. The largest absolute Gasteiger partial charge is 0.486 e. The van der Waals surface area contributed by atoms with E-state index in [0.29, 0.717) is 24.4 Å². The molecule has 3 aromatic rings. The van der Waals surface area contributed by atoms with Gasteiger partial charge in [-0.15, -0.1) is 0 Å². The minimum absolute atomic E-state index is 0.0243. The molecule has 0 spiro atoms. The zero-order chi connectivity index (χ0) is 22.2. The molecular weight excluding hydrogens is 414 g/mol. The number of fused-ring (bicyclic) bond motifs is 2. The van der Waals surface area contributed by atoms with Gasteiger partial charge in [0.15, 0.2) is 17.4 Å². The molecule has 0 fully saturated rings. The monoisotopic (exact) mass is 438 g/mol. The van der Waals surface area contributed by atoms with Crippen molar-refractivity contribution in [1.29, 1.82) is 0 Å². The second-order valence-electron chi connectivity index (χ2n) is 8.07. The molecule has 7 nitrogen and oxygen atoms in total. The Morgan fingerprint density at radius 2 is 1.88 bits per heavy atom. The Kier molecular flexibility index (Phi) is 5.16. The number of aromatic nitrogens is 2. The van der Waals surface area contributed by atoms with Crippen molar-refractivity contribution in [3.63, 3.8) is 0 Å². The van der Waals surface area contributed by atoms with Crippen LogP contribution in [-0.4, -0.2) is 42.3 Å². The number of ether oxygens (including phenoxy) is 1. The van der Waals surface area contributed by atoms with Gasteiger partial charge in [0.05, 0.1) is 29.8 Å². The number of nitrogens with one attached hydrogen (secondary N) is 3. The van der Waals surface area contributed by atoms with Crippen LogP contribution in [0.2, 0.25) is 0 Å². The number of benzene rings is 2. The summed E-state index contributed by atoms with van der Waals surface area (Å²) < 4.78 is 35.1. The van der Waals surface area contributed by atoms with Gasteiger partial charge in [0.25, 0.3) is 0 Å². The maximum absolute atomic E-state index is 14.8. The fraction of sp³-hybridized carbons (Fsp3) is 0.304. The third-order valence-corrected chi connectivity index (χ3v) is 5.58. The summed E-state index contributed by atoms with van der Waals surface area (Å²) in [6, 6.07) is 8.90. The second kappa shape index (κ2) is 8.14. The standard InChI is InChI=1S/C23H24F2N6O/c1-13(2)31-7-8-32-22-16(24)9-14(10-20(22)31)21-17(25)12-28-23(30-21)29-15-3-4-18-19(11-15)27-6-5-26-18/h3-4,9-13,26-27H,5-8H2,1-2H3,(H,28,29,30). The van der Waals surface area contributed by atoms with Gasteiger partial charge >= 0.3 is 0 Å². The molecule has 3 heterocycles. The highest BCUT2D eigenvalue weighted by Crippen LogP contribution is 2.39. The number of halogens is 2. The maximum atomic E-state index is 14.8. The van der Waals surface area contributed by atoms with Gasteiger partial charge in [0.1, 0.15) is 12.3 Å². The van der Waals surface area contributed by atoms with Crippen molar-refractivity contribution in [2.24, 2.45) is 0 Å². The van der Waals surface area contributed by atoms with E-state index >= 15 is 0 Å². The van der Waals surface area contributed by atoms with Gasteiger partial charge in [-0.05, 0) is 44.2 Å². The van der Waals surface area contributed by atoms with Crippen molar-refractivity contribution in [3.8, 4) is 17.0 Å². The summed E-state index contributed by atoms with van der Waals surface area (Å²) in [5, 5.41) is 9.74. The molecule has 0 radical (unpaired) electrons. The predicted octanol–water partition coefficient (Wildman–Crippen LogP) is 4.61. The normalized spacial score (nSPS) is 14.7. The van der Waals surface area contributed by atoms with Crippen molar-refractivity contribution < 1.29 is 13.5 Å². The number of anilines is 5. The Morgan fingerprint density at radius 3 is 2.69 bits per heavy atom. The predicted molar refractivity (Wildman–Crippen MR) is 122 cm³/mol. The van der Waals surface area contributed by atoms with E-state index < -0.39 is 11.6 Å². The first-order valence-corrected chi connectivity index (χ1v) is 10.6. The van der Waals surface area contributed by atoms with E-state index in [1.165, 1.54) is 6.07 Å². The Balaban J connectivity index is 1.49. The fourth-order valence-electron chi connectivity index (χ4n) is 4.05. The molecule has 0 amide bonds. The third kappa shape index (κ3) is 3.74. The fourth-order valence-corrected chi connectivity index (χ4v) is 4.05. The van der Waals surface area contributed by atoms with Gasteiger partial charge in [-0.1, -0.05) is 0 Å². The van der Waals surface area contributed by atoms with Gasteiger partial charge in [0, 0.05) is 30.4 Å². The summed E-state index contributed by atoms with van der Waals surface area (Å²) in [5.41, 5.74) is 3.70. The molecule has 0 saturated heterocycles. The number of hydrogen-bond acceptors (Lipinski definition) is 7. The average Bonchev–Trinajstić information content (AvgIpc) is 2.79. The SMILES string of the molecule is CC(C)N1CCOc2c(F)cc(-c3nc(Nc4ccc5c(c4)NCCN5)ncc3F)cc21. The van der Waals surface area contributed by atoms with E-state index in [2.05, 4.69) is 25.9 Å². The lowest BCUT2D eigenvalue weighted by Crippen LogP contribution is -2.38. The molecule has 166 valence electrons. The topological polar surface area (TPSA) is 74.3 Å². The zero-order valence-corrected chi connectivity index (χ0v) is 17.9. The maximum Gasteiger partial charge on any atom is 0.227 e. The summed E-state index contributed by atoms with van der Waals surface area (Å²) in [6.07, 6.45) is 1.09. The average molecular weight is 438 g/mol. The first-order valence-electron chi connectivity index (χ1n) is 10.6. The van der Waals surface area contributed by atoms with Crippen LogP contribution in [-0.2, 0) is 0 Å². The molecular formula is C23H24F2N6O. The molecule has 0 atom stereocenters. The zero-order valence-electron chi connectivity index (χ0n) is 17.9. The van der Waals surface area contributed by atoms with Gasteiger partial charge in [-0.25, -0.2) is 18.7 Å². The van der Waals surface area contributed by atoms with E-state index in [4.69, 9.17) is 4.74 Å². The van der Waals surface area contributed by atoms with Crippen LogP contribution in [0.15, 0.2) is 36.5 Å². The molecule has 2 aliphatic heterocycles. The molecule has 0 saturated carbocycles. The van der Waals surface area contributed by atoms with Crippen LogP contribution in [0.3, 0.4) is 0 Å². The minimum atomic E-state index is -0.626. The van der Waals surface area contributed by atoms with Crippen LogP contribution >= 0.6 is 0 Å². The van der Waals surface area contributed by atoms with Gasteiger partial charge in [-0.3, -0.25) is 0 Å². The summed E-state index contributed by atoms with van der Waals surface area (Å²) in [7, 11) is 0. The van der Waals surface area contributed by atoms with E-state index in [1.807, 2.05) is 36.9 Å². The summed E-state index contributed by atoms with van der Waals surface area (Å²) in [5.74, 6) is -0.750. The van der Waals surface area contributed by atoms with Crippen molar-refractivity contribution in [2.45, 2.75) is 19.9 Å². The third-order valence-electron chi connectivity index (χ3n) is 5.58. The van der Waals surface area contributed by atoms with Crippen molar-refractivity contribution in [2.75, 3.05) is 47.1 Å². The van der Waals surface area contributed by atoms with Crippen molar-refractivity contribution in [3.05, 3.63) is 48.2 Å². The summed E-state index contributed by atoms with van der Waals surface area (Å²) >= 11 is 0. The molecule has 9 heteroatoms. The molecule has 32 heavy (non-hydrogen) atoms. The van der Waals surface area contributed by atoms with Crippen molar-refractivity contribution >= 4 is 28.7 Å². The lowest BCUT2D eigenvalue weighted by Gasteiger charge is -2.34. The highest BCUT2D eigenvalue weighted by molar-refractivity contribution is 5.77. The number of hydrogen-bond donors (Lipinski definition) is 3. The summed E-state index contributed by atoms with van der Waals surface area (Å²) in [6.45, 7) is 6.78. The lowest BCUT2D eigenvalue weighted by molar-refractivity contribution is 0.287. The molecule has 5 rings (SSSR count). The van der Waals surface area contributed by atoms with Crippen LogP contribution < -0.4 is 25.6 Å². The van der Waals surface area contributed by atoms with E-state index in [0.717, 1.165) is 36.3 Å². The molecule has 3 N–H and O–H groups in total. The van der Waals surface area contributed by atoms with E-state index in [1.54, 1.807) is 6.07 Å². The Labute approximate surface area is 184 Å². The quantitative estimate of drug-likeness (QED) is 0.549. The molecule has 2 aromatic carbocycles. The first kappa shape index (κ1) is 20.3. The van der Waals surface area contributed by atoms with Crippen molar-refractivity contribution in [1.82, 2.24) is 9.97 Å². The smallest absolute Gasteiger partial charge is 0.227 e. The summed E-state index contributed by atoms with van der Waals surface area (Å²) in [4.78, 5) is 10.5. The van der Waals surface area contributed by atoms with Gasteiger partial charge in [-0.2, -0.15) is 0 Å². The van der Waals surface area contributed by atoms with Crippen LogP contribution in [0.5, 0.6) is 5.75 Å². The molecule has 0 aliphatic carbocycles. The second-order valence-corrected chi connectivity index (χ2v) is 8.07. The Morgan fingerprint density at radius 1 is 1.06 bits per heavy atom. The first-order chi connectivity index (χ1) is 15.5. The Bertz CT molecular complexity index is 1170. The van der Waals surface area contributed by atoms with Crippen LogP contribution in [0.25, 0.3) is 11.3 Å². The van der Waals surface area contributed by atoms with Gasteiger partial charge < -0.3 is 25.6 Å². The Hall–Kier alpha value is -3.62. The highest BCUT2D eigenvalue weighted by Gasteiger charge is 2.25. The van der Waals surface area contributed by atoms with Gasteiger partial charge in [0.2, 0.25) is 5.95 Å². The van der Waals surface area contributed by atoms with Crippen LogP contribution in [0, 0.1) is 11.6 Å².